The molecule has 1 rings (SSSR count). The van der Waals surface area contributed by atoms with Crippen molar-refractivity contribution in [3.05, 3.63) is 28.8 Å². The molecule has 0 saturated heterocycles. The van der Waals surface area contributed by atoms with E-state index in [2.05, 4.69) is 20.9 Å². The monoisotopic (exact) mass is 307 g/mol. The summed E-state index contributed by atoms with van der Waals surface area (Å²) in [6.07, 6.45) is -8.15. The van der Waals surface area contributed by atoms with Crippen LogP contribution in [0.25, 0.3) is 0 Å². The SMILES string of the molecule is Fc1cc(C(F)F)c(CBr)c(C(F)(F)F)n1. The van der Waals surface area contributed by atoms with Crippen LogP contribution in [0, 0.1) is 5.95 Å². The topological polar surface area (TPSA) is 12.9 Å². The number of rotatable bonds is 2. The Morgan fingerprint density at radius 1 is 1.31 bits per heavy atom. The standard InChI is InChI=1S/C8H4BrF6N/c9-2-4-3(7(11)12)1-5(10)16-6(4)8(13,14)15/h1,7H,2H2. The Labute approximate surface area is 94.6 Å². The molecule has 0 unspecified atom stereocenters. The van der Waals surface area contributed by atoms with Crippen molar-refractivity contribution in [3.8, 4) is 0 Å². The second kappa shape index (κ2) is 4.60. The Bertz CT molecular complexity index is 389. The molecule has 1 aromatic rings. The molecule has 0 aromatic carbocycles. The van der Waals surface area contributed by atoms with Gasteiger partial charge in [0.15, 0.2) is 5.69 Å². The minimum atomic E-state index is -4.96. The molecule has 16 heavy (non-hydrogen) atoms. The molecule has 0 atom stereocenters. The Kier molecular flexibility index (Phi) is 3.82. The summed E-state index contributed by atoms with van der Waals surface area (Å²) >= 11 is 2.65. The Morgan fingerprint density at radius 2 is 1.88 bits per heavy atom. The Morgan fingerprint density at radius 3 is 2.25 bits per heavy atom. The first-order valence-electron chi connectivity index (χ1n) is 3.88. The fourth-order valence-electron chi connectivity index (χ4n) is 1.13. The molecule has 0 bridgehead atoms. The molecule has 0 aliphatic rings. The lowest BCUT2D eigenvalue weighted by Crippen LogP contribution is -2.15. The largest absolute Gasteiger partial charge is 0.433 e. The molecule has 0 aliphatic heterocycles. The van der Waals surface area contributed by atoms with Crippen LogP contribution in [0.2, 0.25) is 0 Å². The number of alkyl halides is 6. The molecule has 90 valence electrons. The summed E-state index contributed by atoms with van der Waals surface area (Å²) < 4.78 is 74.5. The van der Waals surface area contributed by atoms with E-state index in [1.807, 2.05) is 0 Å². The second-order valence-corrected chi connectivity index (χ2v) is 3.35. The molecule has 0 spiro atoms. The van der Waals surface area contributed by atoms with Gasteiger partial charge in [-0.15, -0.1) is 0 Å². The van der Waals surface area contributed by atoms with Gasteiger partial charge in [-0.1, -0.05) is 15.9 Å². The van der Waals surface area contributed by atoms with E-state index >= 15 is 0 Å². The predicted octanol–water partition coefficient (Wildman–Crippen LogP) is 4.07. The molecule has 1 heterocycles. The van der Waals surface area contributed by atoms with Crippen molar-refractivity contribution in [1.82, 2.24) is 4.98 Å². The van der Waals surface area contributed by atoms with Crippen molar-refractivity contribution in [1.29, 1.82) is 0 Å². The van der Waals surface area contributed by atoms with Gasteiger partial charge in [0.25, 0.3) is 6.43 Å². The first kappa shape index (κ1) is 13.3. The van der Waals surface area contributed by atoms with Crippen molar-refractivity contribution in [2.45, 2.75) is 17.9 Å². The van der Waals surface area contributed by atoms with E-state index in [1.165, 1.54) is 0 Å². The molecule has 0 saturated carbocycles. The highest BCUT2D eigenvalue weighted by Crippen LogP contribution is 2.36. The highest BCUT2D eigenvalue weighted by molar-refractivity contribution is 9.08. The molecular weight excluding hydrogens is 304 g/mol. The Hall–Kier alpha value is -0.790. The van der Waals surface area contributed by atoms with Crippen LogP contribution in [0.4, 0.5) is 26.3 Å². The maximum absolute atomic E-state index is 12.7. The number of pyridine rings is 1. The van der Waals surface area contributed by atoms with Crippen molar-refractivity contribution in [2.24, 2.45) is 0 Å². The van der Waals surface area contributed by atoms with Crippen molar-refractivity contribution in [2.75, 3.05) is 0 Å². The molecule has 1 nitrogen and oxygen atoms in total. The maximum atomic E-state index is 12.7. The van der Waals surface area contributed by atoms with Crippen LogP contribution in [-0.2, 0) is 11.5 Å². The van der Waals surface area contributed by atoms with Gasteiger partial charge >= 0.3 is 6.18 Å². The normalized spacial score (nSPS) is 12.2. The third kappa shape index (κ3) is 2.66. The summed E-state index contributed by atoms with van der Waals surface area (Å²) in [4.78, 5) is 2.60. The van der Waals surface area contributed by atoms with E-state index in [9.17, 15) is 26.3 Å². The quantitative estimate of drug-likeness (QED) is 0.456. The zero-order valence-corrected chi connectivity index (χ0v) is 9.04. The lowest BCUT2D eigenvalue weighted by Gasteiger charge is -2.13. The highest BCUT2D eigenvalue weighted by atomic mass is 79.9. The van der Waals surface area contributed by atoms with Gasteiger partial charge in [0, 0.05) is 22.5 Å². The molecule has 0 N–H and O–H groups in total. The zero-order valence-electron chi connectivity index (χ0n) is 7.45. The summed E-state index contributed by atoms with van der Waals surface area (Å²) in [6, 6.07) is 0.302. The summed E-state index contributed by atoms with van der Waals surface area (Å²) in [7, 11) is 0. The number of aromatic nitrogens is 1. The molecule has 0 radical (unpaired) electrons. The summed E-state index contributed by atoms with van der Waals surface area (Å²) in [5.41, 5.74) is -3.37. The molecule has 0 amide bonds. The number of halogens is 7. The first-order chi connectivity index (χ1) is 7.27. The van der Waals surface area contributed by atoms with E-state index in [4.69, 9.17) is 0 Å². The van der Waals surface area contributed by atoms with Crippen LogP contribution in [0.1, 0.15) is 23.2 Å². The maximum Gasteiger partial charge on any atom is 0.433 e. The van der Waals surface area contributed by atoms with Gasteiger partial charge < -0.3 is 0 Å². The van der Waals surface area contributed by atoms with Crippen LogP contribution >= 0.6 is 15.9 Å². The summed E-state index contributed by atoms with van der Waals surface area (Å²) in [5.74, 6) is -1.58. The fraction of sp³-hybridized carbons (Fsp3) is 0.375. The summed E-state index contributed by atoms with van der Waals surface area (Å²) in [5, 5.41) is -0.477. The molecule has 0 aliphatic carbocycles. The second-order valence-electron chi connectivity index (χ2n) is 2.79. The van der Waals surface area contributed by atoms with Gasteiger partial charge in [0.05, 0.1) is 0 Å². The number of hydrogen-bond acceptors (Lipinski definition) is 1. The number of hydrogen-bond donors (Lipinski definition) is 0. The van der Waals surface area contributed by atoms with Gasteiger partial charge in [0.1, 0.15) is 0 Å². The molecular formula is C8H4BrF6N. The van der Waals surface area contributed by atoms with Crippen molar-refractivity contribution in [3.63, 3.8) is 0 Å². The lowest BCUT2D eigenvalue weighted by atomic mass is 10.1. The van der Waals surface area contributed by atoms with Crippen LogP contribution in [-0.4, -0.2) is 4.98 Å². The smallest absolute Gasteiger partial charge is 0.215 e. The minimum absolute atomic E-state index is 0.302. The van der Waals surface area contributed by atoms with E-state index in [0.29, 0.717) is 6.07 Å². The average Bonchev–Trinajstić information content (AvgIpc) is 2.14. The van der Waals surface area contributed by atoms with Gasteiger partial charge in [0.2, 0.25) is 5.95 Å². The van der Waals surface area contributed by atoms with Crippen LogP contribution in [0.15, 0.2) is 6.07 Å². The van der Waals surface area contributed by atoms with Gasteiger partial charge in [-0.3, -0.25) is 0 Å². The van der Waals surface area contributed by atoms with Gasteiger partial charge in [-0.05, 0) is 0 Å². The Balaban J connectivity index is 3.49. The molecule has 8 heteroatoms. The van der Waals surface area contributed by atoms with E-state index in [-0.39, 0.29) is 0 Å². The lowest BCUT2D eigenvalue weighted by molar-refractivity contribution is -0.142. The van der Waals surface area contributed by atoms with Crippen LogP contribution in [0.5, 0.6) is 0 Å². The van der Waals surface area contributed by atoms with Crippen molar-refractivity contribution < 1.29 is 26.3 Å². The molecule has 1 aromatic heterocycles. The fourth-order valence-corrected chi connectivity index (χ4v) is 1.72. The van der Waals surface area contributed by atoms with E-state index < -0.39 is 40.7 Å². The van der Waals surface area contributed by atoms with Gasteiger partial charge in [-0.25, -0.2) is 13.8 Å². The van der Waals surface area contributed by atoms with Crippen LogP contribution in [0.3, 0.4) is 0 Å². The minimum Gasteiger partial charge on any atom is -0.215 e. The third-order valence-electron chi connectivity index (χ3n) is 1.76. The number of nitrogens with zero attached hydrogens (tertiary/aromatic N) is 1. The third-order valence-corrected chi connectivity index (χ3v) is 2.33. The van der Waals surface area contributed by atoms with Crippen LogP contribution < -0.4 is 0 Å². The van der Waals surface area contributed by atoms with Crippen molar-refractivity contribution >= 4 is 15.9 Å². The van der Waals surface area contributed by atoms with Gasteiger partial charge in [-0.2, -0.15) is 17.6 Å². The average molecular weight is 308 g/mol. The van der Waals surface area contributed by atoms with E-state index in [0.717, 1.165) is 0 Å². The summed E-state index contributed by atoms with van der Waals surface area (Å²) in [6.45, 7) is 0. The predicted molar refractivity (Wildman–Crippen MR) is 46.8 cm³/mol. The zero-order chi connectivity index (χ0) is 12.5. The van der Waals surface area contributed by atoms with E-state index in [1.54, 1.807) is 0 Å². The molecule has 0 fully saturated rings. The first-order valence-corrected chi connectivity index (χ1v) is 5.00. The highest BCUT2D eigenvalue weighted by Gasteiger charge is 2.37.